The molecule has 0 N–H and O–H groups in total. The van der Waals surface area contributed by atoms with Gasteiger partial charge in [-0.05, 0) is 25.7 Å². The number of hydrogen-bond donors (Lipinski definition) is 0. The first-order chi connectivity index (χ1) is 9.58. The molecule has 0 spiro atoms. The first kappa shape index (κ1) is 16.7. The molecule has 0 heterocycles. The van der Waals surface area contributed by atoms with E-state index in [1.165, 1.54) is 0 Å². The molecule has 1 aromatic carbocycles. The Balaban J connectivity index is 2.80. The van der Waals surface area contributed by atoms with Crippen molar-refractivity contribution in [3.8, 4) is 11.5 Å². The Morgan fingerprint density at radius 3 is 1.35 bits per heavy atom. The molecule has 1 aromatic rings. The van der Waals surface area contributed by atoms with Crippen molar-refractivity contribution in [2.45, 2.75) is 78.4 Å². The van der Waals surface area contributed by atoms with Gasteiger partial charge < -0.3 is 9.47 Å². The highest BCUT2D eigenvalue weighted by atomic mass is 16.5. The smallest absolute Gasteiger partial charge is 0.275 e. The van der Waals surface area contributed by atoms with Crippen LogP contribution in [0.4, 0.5) is 0 Å². The van der Waals surface area contributed by atoms with Crippen molar-refractivity contribution >= 4 is 0 Å². The van der Waals surface area contributed by atoms with Crippen LogP contribution in [0.1, 0.15) is 66.2 Å². The molecule has 4 nitrogen and oxygen atoms in total. The van der Waals surface area contributed by atoms with Crippen molar-refractivity contribution in [3.05, 3.63) is 20.4 Å². The van der Waals surface area contributed by atoms with Gasteiger partial charge in [-0.1, -0.05) is 40.5 Å². The van der Waals surface area contributed by atoms with E-state index in [1.807, 2.05) is 13.8 Å². The third kappa shape index (κ3) is 3.84. The molecular weight excluding hydrogens is 256 g/mol. The topological polar surface area (TPSA) is 52.6 Å². The Bertz CT molecular complexity index is 427. The van der Waals surface area contributed by atoms with E-state index in [9.17, 15) is 9.59 Å². The molecule has 0 aliphatic carbocycles. The zero-order valence-electron chi connectivity index (χ0n) is 13.0. The summed E-state index contributed by atoms with van der Waals surface area (Å²) in [6.45, 7) is 8.16. The van der Waals surface area contributed by atoms with Crippen LogP contribution in [0.2, 0.25) is 0 Å². The summed E-state index contributed by atoms with van der Waals surface area (Å²) < 4.78 is 11.4. The van der Waals surface area contributed by atoms with Gasteiger partial charge in [-0.3, -0.25) is 9.59 Å². The van der Waals surface area contributed by atoms with Crippen LogP contribution in [0.25, 0.3) is 0 Å². The summed E-state index contributed by atoms with van der Waals surface area (Å²) in [5, 5.41) is 0. The lowest BCUT2D eigenvalue weighted by Crippen LogP contribution is -2.38. The van der Waals surface area contributed by atoms with Crippen molar-refractivity contribution in [2.24, 2.45) is 0 Å². The van der Waals surface area contributed by atoms with E-state index in [0.717, 1.165) is 38.5 Å². The zero-order chi connectivity index (χ0) is 15.1. The van der Waals surface area contributed by atoms with Crippen molar-refractivity contribution in [1.29, 1.82) is 0 Å². The lowest BCUT2D eigenvalue weighted by Gasteiger charge is -2.22. The van der Waals surface area contributed by atoms with E-state index in [1.54, 1.807) is 0 Å². The van der Waals surface area contributed by atoms with Crippen LogP contribution in [0.5, 0.6) is 11.5 Å². The van der Waals surface area contributed by atoms with Gasteiger partial charge in [0.25, 0.3) is 10.9 Å². The van der Waals surface area contributed by atoms with Gasteiger partial charge in [0.2, 0.25) is 11.5 Å². The molecule has 2 unspecified atom stereocenters. The standard InChI is InChI=1S/C16H26O4/c1-5-9-11(7-3)19-15-13(17)14(18)16(15)20-12(8-4)10-6-2/h11-12H,5-10H2,1-4H3. The Labute approximate surface area is 120 Å². The average Bonchev–Trinajstić information content (AvgIpc) is 2.47. The van der Waals surface area contributed by atoms with Gasteiger partial charge in [0.15, 0.2) is 0 Å². The van der Waals surface area contributed by atoms with E-state index in [-0.39, 0.29) is 23.7 Å². The van der Waals surface area contributed by atoms with Crippen LogP contribution < -0.4 is 20.3 Å². The minimum atomic E-state index is -0.541. The van der Waals surface area contributed by atoms with E-state index in [4.69, 9.17) is 9.47 Å². The molecule has 0 bridgehead atoms. The fourth-order valence-corrected chi connectivity index (χ4v) is 2.23. The van der Waals surface area contributed by atoms with Gasteiger partial charge in [0, 0.05) is 0 Å². The maximum absolute atomic E-state index is 11.6. The predicted octanol–water partition coefficient (Wildman–Crippen LogP) is 3.20. The van der Waals surface area contributed by atoms with E-state index in [2.05, 4.69) is 13.8 Å². The third-order valence-corrected chi connectivity index (χ3v) is 3.53. The van der Waals surface area contributed by atoms with E-state index in [0.29, 0.717) is 0 Å². The molecule has 114 valence electrons. The minimum absolute atomic E-state index is 0.0168. The Kier molecular flexibility index (Phi) is 6.76. The quantitative estimate of drug-likeness (QED) is 0.618. The monoisotopic (exact) mass is 282 g/mol. The molecule has 1 rings (SSSR count). The van der Waals surface area contributed by atoms with Gasteiger partial charge >= 0.3 is 0 Å². The van der Waals surface area contributed by atoms with Crippen LogP contribution >= 0.6 is 0 Å². The summed E-state index contributed by atoms with van der Waals surface area (Å²) in [6, 6.07) is 0. The van der Waals surface area contributed by atoms with Crippen molar-refractivity contribution in [3.63, 3.8) is 0 Å². The first-order valence-electron chi connectivity index (χ1n) is 7.75. The molecule has 0 fully saturated rings. The summed E-state index contributed by atoms with van der Waals surface area (Å²) in [4.78, 5) is 23.3. The van der Waals surface area contributed by atoms with Gasteiger partial charge in [0.1, 0.15) is 0 Å². The second-order valence-electron chi connectivity index (χ2n) is 5.19. The molecule has 0 saturated carbocycles. The van der Waals surface area contributed by atoms with Gasteiger partial charge in [-0.2, -0.15) is 0 Å². The van der Waals surface area contributed by atoms with Crippen LogP contribution in [0.3, 0.4) is 0 Å². The highest BCUT2D eigenvalue weighted by Crippen LogP contribution is 2.26. The Morgan fingerprint density at radius 2 is 1.10 bits per heavy atom. The predicted molar refractivity (Wildman–Crippen MR) is 80.6 cm³/mol. The van der Waals surface area contributed by atoms with Crippen molar-refractivity contribution in [2.75, 3.05) is 0 Å². The molecule has 4 heteroatoms. The first-order valence-corrected chi connectivity index (χ1v) is 7.75. The molecule has 0 radical (unpaired) electrons. The molecule has 0 saturated heterocycles. The molecule has 0 aromatic heterocycles. The molecule has 2 atom stereocenters. The Hall–Kier alpha value is -1.32. The normalized spacial score (nSPS) is 14.2. The zero-order valence-corrected chi connectivity index (χ0v) is 13.0. The summed E-state index contributed by atoms with van der Waals surface area (Å²) in [5.74, 6) is 0.287. The second-order valence-corrected chi connectivity index (χ2v) is 5.19. The summed E-state index contributed by atoms with van der Waals surface area (Å²) >= 11 is 0. The number of hydrogen-bond acceptors (Lipinski definition) is 4. The summed E-state index contributed by atoms with van der Waals surface area (Å²) in [5.41, 5.74) is -1.08. The van der Waals surface area contributed by atoms with Gasteiger partial charge in [-0.25, -0.2) is 0 Å². The van der Waals surface area contributed by atoms with E-state index >= 15 is 0 Å². The van der Waals surface area contributed by atoms with Crippen LogP contribution in [0, 0.1) is 0 Å². The van der Waals surface area contributed by atoms with Crippen LogP contribution in [0.15, 0.2) is 9.59 Å². The molecular formula is C16H26O4. The maximum Gasteiger partial charge on any atom is 0.275 e. The van der Waals surface area contributed by atoms with Gasteiger partial charge in [0.05, 0.1) is 12.2 Å². The van der Waals surface area contributed by atoms with Crippen LogP contribution in [-0.4, -0.2) is 12.2 Å². The van der Waals surface area contributed by atoms with Crippen LogP contribution in [-0.2, 0) is 0 Å². The third-order valence-electron chi connectivity index (χ3n) is 3.53. The second kappa shape index (κ2) is 8.08. The van der Waals surface area contributed by atoms with Crippen molar-refractivity contribution < 1.29 is 9.47 Å². The molecule has 20 heavy (non-hydrogen) atoms. The number of ether oxygens (including phenoxy) is 2. The lowest BCUT2D eigenvalue weighted by atomic mass is 10.1. The maximum atomic E-state index is 11.6. The number of rotatable bonds is 10. The van der Waals surface area contributed by atoms with Crippen molar-refractivity contribution in [1.82, 2.24) is 0 Å². The highest BCUT2D eigenvalue weighted by molar-refractivity contribution is 5.46. The summed E-state index contributed by atoms with van der Waals surface area (Å²) in [7, 11) is 0. The van der Waals surface area contributed by atoms with Gasteiger partial charge in [-0.15, -0.1) is 0 Å². The SMILES string of the molecule is CCCC(CC)Oc1c(OC(CC)CCC)c(=O)c1=O. The fraction of sp³-hybridized carbons (Fsp3) is 0.750. The summed E-state index contributed by atoms with van der Waals surface area (Å²) in [6.07, 6.45) is 5.32. The molecule has 0 amide bonds. The highest BCUT2D eigenvalue weighted by Gasteiger charge is 2.28. The Morgan fingerprint density at radius 1 is 0.750 bits per heavy atom. The molecule has 0 aliphatic rings. The minimum Gasteiger partial charge on any atom is -0.483 e. The fourth-order valence-electron chi connectivity index (χ4n) is 2.23. The average molecular weight is 282 g/mol. The molecule has 0 aliphatic heterocycles. The lowest BCUT2D eigenvalue weighted by molar-refractivity contribution is 0.141. The largest absolute Gasteiger partial charge is 0.483 e. The van der Waals surface area contributed by atoms with E-state index < -0.39 is 10.9 Å².